The molecule has 0 amide bonds. The van der Waals surface area contributed by atoms with Crippen LogP contribution < -0.4 is 9.80 Å². The standard InChI is InChI=1S/C66H58N2O/c1-43-19-15-17-25-59(43)67(61-41-51(65(3,4)5)29-33-55(61)45-21-11-9-12-22-45)53-31-27-47-37-57-58-38-48-28-32-54(36-50(48)40-64(58)69-63(57)39-49(47)35-53)68(60-26-18-16-20-44(60)2)62-42-52(66(6,7)8)30-34-56(62)46-23-13-10-14-24-46/h9-42H,1-8H3. The predicted octanol–water partition coefficient (Wildman–Crippen LogP) is 19.4. The number of fused-ring (bicyclic) bond motifs is 5. The van der Waals surface area contributed by atoms with Gasteiger partial charge in [-0.1, -0.05) is 175 Å². The van der Waals surface area contributed by atoms with Gasteiger partial charge in [0.05, 0.1) is 11.4 Å². The lowest BCUT2D eigenvalue weighted by molar-refractivity contribution is 0.590. The van der Waals surface area contributed by atoms with Gasteiger partial charge < -0.3 is 14.2 Å². The summed E-state index contributed by atoms with van der Waals surface area (Å²) in [5.74, 6) is 0. The quantitative estimate of drug-likeness (QED) is 0.152. The molecule has 0 fully saturated rings. The Bertz CT molecular complexity index is 3470. The number of hydrogen-bond acceptors (Lipinski definition) is 3. The number of rotatable bonds is 8. The third-order valence-electron chi connectivity index (χ3n) is 14.0. The highest BCUT2D eigenvalue weighted by Gasteiger charge is 2.25. The second kappa shape index (κ2) is 17.0. The molecule has 11 rings (SSSR count). The van der Waals surface area contributed by atoms with Gasteiger partial charge >= 0.3 is 0 Å². The van der Waals surface area contributed by atoms with E-state index < -0.39 is 0 Å². The first-order chi connectivity index (χ1) is 33.3. The minimum absolute atomic E-state index is 0.0334. The Morgan fingerprint density at radius 1 is 0.333 bits per heavy atom. The van der Waals surface area contributed by atoms with E-state index in [0.717, 1.165) is 66.8 Å². The molecular weight excluding hydrogens is 837 g/mol. The van der Waals surface area contributed by atoms with Gasteiger partial charge in [-0.3, -0.25) is 0 Å². The van der Waals surface area contributed by atoms with Crippen molar-refractivity contribution < 1.29 is 4.42 Å². The van der Waals surface area contributed by atoms with E-state index in [-0.39, 0.29) is 10.8 Å². The summed E-state index contributed by atoms with van der Waals surface area (Å²) < 4.78 is 6.88. The van der Waals surface area contributed by atoms with E-state index in [4.69, 9.17) is 4.42 Å². The second-order valence-electron chi connectivity index (χ2n) is 20.8. The number of furan rings is 1. The highest BCUT2D eigenvalue weighted by Crippen LogP contribution is 2.47. The molecule has 0 unspecified atom stereocenters. The fourth-order valence-corrected chi connectivity index (χ4v) is 10.0. The molecule has 10 aromatic carbocycles. The van der Waals surface area contributed by atoms with Crippen molar-refractivity contribution in [3.63, 3.8) is 0 Å². The molecule has 0 aliphatic rings. The average molecular weight is 895 g/mol. The topological polar surface area (TPSA) is 19.6 Å². The maximum atomic E-state index is 6.88. The summed E-state index contributed by atoms with van der Waals surface area (Å²) in [4.78, 5) is 4.89. The molecule has 11 aromatic rings. The van der Waals surface area contributed by atoms with Gasteiger partial charge in [0.15, 0.2) is 0 Å². The molecule has 0 saturated carbocycles. The molecular formula is C66H58N2O. The van der Waals surface area contributed by atoms with Crippen LogP contribution in [0.5, 0.6) is 0 Å². The van der Waals surface area contributed by atoms with E-state index >= 15 is 0 Å². The van der Waals surface area contributed by atoms with Gasteiger partial charge in [-0.05, 0) is 152 Å². The monoisotopic (exact) mass is 894 g/mol. The van der Waals surface area contributed by atoms with Crippen LogP contribution in [0.1, 0.15) is 63.8 Å². The van der Waals surface area contributed by atoms with Crippen molar-refractivity contribution >= 4 is 77.6 Å². The van der Waals surface area contributed by atoms with E-state index in [9.17, 15) is 0 Å². The minimum Gasteiger partial charge on any atom is -0.456 e. The van der Waals surface area contributed by atoms with Crippen molar-refractivity contribution in [2.75, 3.05) is 9.80 Å². The molecule has 0 aliphatic heterocycles. The third kappa shape index (κ3) is 8.12. The molecule has 0 aliphatic carbocycles. The maximum absolute atomic E-state index is 6.88. The van der Waals surface area contributed by atoms with Crippen LogP contribution in [0.2, 0.25) is 0 Å². The fraction of sp³-hybridized carbons (Fsp3) is 0.152. The van der Waals surface area contributed by atoms with E-state index in [1.807, 2.05) is 0 Å². The van der Waals surface area contributed by atoms with Crippen LogP contribution in [0.4, 0.5) is 34.1 Å². The number of anilines is 6. The van der Waals surface area contributed by atoms with Crippen LogP contribution in [0.15, 0.2) is 211 Å². The zero-order chi connectivity index (χ0) is 47.6. The number of benzene rings is 10. The summed E-state index contributed by atoms with van der Waals surface area (Å²) in [6.07, 6.45) is 0. The Morgan fingerprint density at radius 3 is 1.12 bits per heavy atom. The smallest absolute Gasteiger partial charge is 0.136 e. The van der Waals surface area contributed by atoms with Crippen LogP contribution in [-0.4, -0.2) is 0 Å². The lowest BCUT2D eigenvalue weighted by atomic mass is 9.85. The minimum atomic E-state index is -0.0334. The van der Waals surface area contributed by atoms with Crippen molar-refractivity contribution in [1.29, 1.82) is 0 Å². The largest absolute Gasteiger partial charge is 0.456 e. The van der Waals surface area contributed by atoms with Crippen molar-refractivity contribution in [3.8, 4) is 22.3 Å². The highest BCUT2D eigenvalue weighted by atomic mass is 16.3. The van der Waals surface area contributed by atoms with E-state index in [2.05, 4.69) is 271 Å². The van der Waals surface area contributed by atoms with Gasteiger partial charge in [-0.15, -0.1) is 0 Å². The molecule has 0 saturated heterocycles. The summed E-state index contributed by atoms with van der Waals surface area (Å²) in [6.45, 7) is 18.1. The molecule has 338 valence electrons. The van der Waals surface area contributed by atoms with Crippen molar-refractivity contribution in [3.05, 3.63) is 229 Å². The van der Waals surface area contributed by atoms with E-state index in [0.29, 0.717) is 0 Å². The summed E-state index contributed by atoms with van der Waals surface area (Å²) >= 11 is 0. The molecule has 0 N–H and O–H groups in total. The molecule has 3 nitrogen and oxygen atoms in total. The number of aryl methyl sites for hydroxylation is 2. The second-order valence-corrected chi connectivity index (χ2v) is 20.8. The maximum Gasteiger partial charge on any atom is 0.136 e. The molecule has 69 heavy (non-hydrogen) atoms. The first-order valence-electron chi connectivity index (χ1n) is 24.2. The zero-order valence-electron chi connectivity index (χ0n) is 40.9. The van der Waals surface area contributed by atoms with Gasteiger partial charge in [-0.2, -0.15) is 0 Å². The lowest BCUT2D eigenvalue weighted by Crippen LogP contribution is -2.16. The normalized spacial score (nSPS) is 12.1. The molecule has 0 spiro atoms. The van der Waals surface area contributed by atoms with Crippen molar-refractivity contribution in [1.82, 2.24) is 0 Å². The van der Waals surface area contributed by atoms with E-state index in [1.165, 1.54) is 55.3 Å². The Labute approximate surface area is 406 Å². The molecule has 3 heteroatoms. The number of para-hydroxylation sites is 2. The fourth-order valence-electron chi connectivity index (χ4n) is 10.0. The van der Waals surface area contributed by atoms with Gasteiger partial charge in [0, 0.05) is 44.6 Å². The Hall–Kier alpha value is -7.88. The van der Waals surface area contributed by atoms with Crippen LogP contribution in [0, 0.1) is 13.8 Å². The zero-order valence-corrected chi connectivity index (χ0v) is 40.9. The molecule has 1 aromatic heterocycles. The Kier molecular flexibility index (Phi) is 10.8. The highest BCUT2D eigenvalue weighted by molar-refractivity contribution is 6.14. The summed E-state index contributed by atoms with van der Waals surface area (Å²) in [5.41, 5.74) is 18.2. The third-order valence-corrected chi connectivity index (χ3v) is 14.0. The first-order valence-corrected chi connectivity index (χ1v) is 24.2. The summed E-state index contributed by atoms with van der Waals surface area (Å²) in [5, 5.41) is 6.81. The van der Waals surface area contributed by atoms with E-state index in [1.54, 1.807) is 0 Å². The first kappa shape index (κ1) is 43.7. The van der Waals surface area contributed by atoms with Crippen LogP contribution >= 0.6 is 0 Å². The summed E-state index contributed by atoms with van der Waals surface area (Å²) in [7, 11) is 0. The van der Waals surface area contributed by atoms with Crippen LogP contribution in [0.25, 0.3) is 65.7 Å². The van der Waals surface area contributed by atoms with Crippen LogP contribution in [0.3, 0.4) is 0 Å². The Morgan fingerprint density at radius 2 is 0.725 bits per heavy atom. The van der Waals surface area contributed by atoms with Crippen molar-refractivity contribution in [2.45, 2.75) is 66.2 Å². The lowest BCUT2D eigenvalue weighted by Gasteiger charge is -2.31. The Balaban J connectivity index is 1.06. The van der Waals surface area contributed by atoms with Gasteiger partial charge in [0.2, 0.25) is 0 Å². The molecule has 1 heterocycles. The molecule has 0 atom stereocenters. The van der Waals surface area contributed by atoms with Gasteiger partial charge in [-0.25, -0.2) is 0 Å². The molecule has 0 bridgehead atoms. The van der Waals surface area contributed by atoms with Gasteiger partial charge in [0.1, 0.15) is 11.2 Å². The summed E-state index contributed by atoms with van der Waals surface area (Å²) in [6, 6.07) is 75.7. The number of hydrogen-bond donors (Lipinski definition) is 0. The average Bonchev–Trinajstić information content (AvgIpc) is 3.69. The number of nitrogens with zero attached hydrogens (tertiary/aromatic N) is 2. The SMILES string of the molecule is Cc1ccccc1N(c1ccc2cc3c(cc2c1)oc1cc2cc(N(c4ccccc4C)c4cc(C(C)(C)C)ccc4-c4ccccc4)ccc2cc13)c1cc(C(C)(C)C)ccc1-c1ccccc1. The molecule has 0 radical (unpaired) electrons. The van der Waals surface area contributed by atoms with Crippen molar-refractivity contribution in [2.24, 2.45) is 0 Å². The predicted molar refractivity (Wildman–Crippen MR) is 296 cm³/mol. The van der Waals surface area contributed by atoms with Gasteiger partial charge in [0.25, 0.3) is 0 Å². The van der Waals surface area contributed by atoms with Crippen LogP contribution in [-0.2, 0) is 10.8 Å².